The van der Waals surface area contributed by atoms with E-state index in [0.717, 1.165) is 4.90 Å². The van der Waals surface area contributed by atoms with Gasteiger partial charge in [-0.3, -0.25) is 4.79 Å². The van der Waals surface area contributed by atoms with Crippen LogP contribution in [-0.4, -0.2) is 51.0 Å². The van der Waals surface area contributed by atoms with Crippen molar-refractivity contribution in [2.75, 3.05) is 7.11 Å². The molecule has 0 unspecified atom stereocenters. The molecule has 0 bridgehead atoms. The highest BCUT2D eigenvalue weighted by molar-refractivity contribution is 6.33. The highest BCUT2D eigenvalue weighted by Crippen LogP contribution is 2.33. The van der Waals surface area contributed by atoms with Crippen LogP contribution < -0.4 is 0 Å². The van der Waals surface area contributed by atoms with Crippen LogP contribution >= 0.6 is 0 Å². The fourth-order valence-corrected chi connectivity index (χ4v) is 2.94. The van der Waals surface area contributed by atoms with Crippen LogP contribution in [0.25, 0.3) is 0 Å². The Bertz CT molecular complexity index is 454. The molecule has 1 heterocycles. The van der Waals surface area contributed by atoms with Crippen molar-refractivity contribution in [1.29, 1.82) is 0 Å². The zero-order valence-electron chi connectivity index (χ0n) is 11.9. The van der Waals surface area contributed by atoms with Crippen molar-refractivity contribution in [1.82, 2.24) is 4.90 Å². The molecule has 1 atom stereocenters. The van der Waals surface area contributed by atoms with E-state index in [9.17, 15) is 14.4 Å². The predicted molar refractivity (Wildman–Crippen MR) is 71.5 cm³/mol. The summed E-state index contributed by atoms with van der Waals surface area (Å²) in [4.78, 5) is 36.8. The number of nitrogens with zero attached hydrogens (tertiary/aromatic N) is 1. The summed E-state index contributed by atoms with van der Waals surface area (Å²) in [5, 5.41) is -1.26. The summed E-state index contributed by atoms with van der Waals surface area (Å²) in [6, 6.07) is 0. The van der Waals surface area contributed by atoms with Crippen LogP contribution in [0.2, 0.25) is 0 Å². The van der Waals surface area contributed by atoms with Crippen molar-refractivity contribution in [3.05, 3.63) is 12.2 Å². The zero-order valence-corrected chi connectivity index (χ0v) is 13.9. The summed E-state index contributed by atoms with van der Waals surface area (Å²) < 4.78 is 9.87. The number of imide groups is 1. The predicted octanol–water partition coefficient (Wildman–Crippen LogP) is -0.0553. The van der Waals surface area contributed by atoms with Crippen LogP contribution in [0.3, 0.4) is 0 Å². The Labute approximate surface area is 115 Å². The number of rotatable bonds is 1. The van der Waals surface area contributed by atoms with Crippen LogP contribution in [-0.2, 0) is 19.1 Å². The molecule has 0 aromatic carbocycles. The van der Waals surface area contributed by atoms with E-state index in [1.165, 1.54) is 7.11 Å². The molecular weight excluding hydrogens is 266 g/mol. The number of likely N-dealkylation sites (tertiary alicyclic amines) is 1. The van der Waals surface area contributed by atoms with E-state index in [-0.39, 0.29) is 22.2 Å². The number of ether oxygens (including phenoxy) is 2. The Balaban J connectivity index is 3.13. The Kier molecular flexibility index (Phi) is 3.90. The molecule has 1 aliphatic rings. The largest absolute Gasteiger partial charge is 0.468 e. The van der Waals surface area contributed by atoms with Gasteiger partial charge in [-0.15, -0.1) is 0 Å². The second-order valence-corrected chi connectivity index (χ2v) is 7.32. The first kappa shape index (κ1) is 15.4. The lowest BCUT2D eigenvalue weighted by Crippen LogP contribution is -2.56. The second-order valence-electron chi connectivity index (χ2n) is 5.67. The molecule has 7 heteroatoms. The van der Waals surface area contributed by atoms with Gasteiger partial charge in [-0.1, -0.05) is 6.58 Å². The standard InChI is InChI=1S/C12H19NO5Si/c1-7-6-12(19,9(15)17-5)13(8(7)14)10(16)18-11(2,3)4/h1,6H2,2-5,19H3/t12-/m1/s1. The van der Waals surface area contributed by atoms with Crippen LogP contribution in [0.15, 0.2) is 12.2 Å². The normalized spacial score (nSPS) is 23.7. The van der Waals surface area contributed by atoms with E-state index in [4.69, 9.17) is 9.47 Å². The quantitative estimate of drug-likeness (QED) is 0.383. The summed E-state index contributed by atoms with van der Waals surface area (Å²) in [5.74, 6) is -1.19. The van der Waals surface area contributed by atoms with Crippen LogP contribution in [0, 0.1) is 0 Å². The van der Waals surface area contributed by atoms with Gasteiger partial charge in [-0.25, -0.2) is 14.5 Å². The monoisotopic (exact) mass is 285 g/mol. The van der Waals surface area contributed by atoms with Gasteiger partial charge in [0.15, 0.2) is 0 Å². The molecule has 1 fully saturated rings. The minimum atomic E-state index is -1.26. The summed E-state index contributed by atoms with van der Waals surface area (Å²) in [7, 11) is 1.47. The van der Waals surface area contributed by atoms with Gasteiger partial charge < -0.3 is 9.47 Å². The maximum absolute atomic E-state index is 12.1. The molecule has 0 aromatic heterocycles. The van der Waals surface area contributed by atoms with Gasteiger partial charge >= 0.3 is 12.1 Å². The van der Waals surface area contributed by atoms with Crippen molar-refractivity contribution in [3.8, 4) is 0 Å². The lowest BCUT2D eigenvalue weighted by atomic mass is 10.1. The Hall–Kier alpha value is -1.63. The smallest absolute Gasteiger partial charge is 0.418 e. The molecular formula is C12H19NO5Si. The van der Waals surface area contributed by atoms with Crippen molar-refractivity contribution in [3.63, 3.8) is 0 Å². The van der Waals surface area contributed by atoms with Crippen LogP contribution in [0.4, 0.5) is 4.79 Å². The molecule has 0 N–H and O–H groups in total. The second kappa shape index (κ2) is 4.80. The molecule has 106 valence electrons. The fourth-order valence-electron chi connectivity index (χ4n) is 1.93. The summed E-state index contributed by atoms with van der Waals surface area (Å²) in [5.41, 5.74) is -0.536. The first-order valence-electron chi connectivity index (χ1n) is 5.86. The number of carbonyl (C=O) groups excluding carboxylic acids is 3. The molecule has 0 saturated carbocycles. The first-order valence-corrected chi connectivity index (χ1v) is 6.86. The minimum Gasteiger partial charge on any atom is -0.468 e. The molecule has 0 radical (unpaired) electrons. The third kappa shape index (κ3) is 2.86. The molecule has 1 rings (SSSR count). The first-order chi connectivity index (χ1) is 8.53. The average molecular weight is 285 g/mol. The molecule has 0 aromatic rings. The van der Waals surface area contributed by atoms with Gasteiger partial charge in [-0.05, 0) is 20.8 Å². The third-order valence-electron chi connectivity index (χ3n) is 2.76. The number of methoxy groups -OCH3 is 1. The van der Waals surface area contributed by atoms with E-state index in [1.807, 2.05) is 0 Å². The molecule has 19 heavy (non-hydrogen) atoms. The number of carbonyl (C=O) groups is 3. The lowest BCUT2D eigenvalue weighted by Gasteiger charge is -2.32. The molecule has 0 spiro atoms. The SMILES string of the molecule is C=C1C[C@@]([SiH3])(C(=O)OC)N(C(=O)OC(C)(C)C)C1=O. The van der Waals surface area contributed by atoms with E-state index in [0.29, 0.717) is 0 Å². The van der Waals surface area contributed by atoms with Gasteiger partial charge in [0.05, 0.1) is 17.4 Å². The van der Waals surface area contributed by atoms with Crippen LogP contribution in [0.1, 0.15) is 27.2 Å². The Morgan fingerprint density at radius 2 is 1.95 bits per heavy atom. The van der Waals surface area contributed by atoms with Crippen molar-refractivity contribution in [2.45, 2.75) is 38.0 Å². The maximum Gasteiger partial charge on any atom is 0.418 e. The van der Waals surface area contributed by atoms with Gasteiger partial charge in [-0.2, -0.15) is 0 Å². The van der Waals surface area contributed by atoms with Gasteiger partial charge in [0.2, 0.25) is 0 Å². The summed E-state index contributed by atoms with van der Waals surface area (Å²) in [6.45, 7) is 8.65. The van der Waals surface area contributed by atoms with Gasteiger partial charge in [0, 0.05) is 12.0 Å². The van der Waals surface area contributed by atoms with Gasteiger partial charge in [0.25, 0.3) is 5.91 Å². The number of hydrogen-bond acceptors (Lipinski definition) is 5. The fraction of sp³-hybridized carbons (Fsp3) is 0.583. The lowest BCUT2D eigenvalue weighted by molar-refractivity contribution is -0.151. The molecule has 1 aliphatic heterocycles. The summed E-state index contributed by atoms with van der Waals surface area (Å²) >= 11 is 0. The Morgan fingerprint density at radius 3 is 2.37 bits per heavy atom. The Morgan fingerprint density at radius 1 is 1.42 bits per heavy atom. The van der Waals surface area contributed by atoms with E-state index >= 15 is 0 Å². The topological polar surface area (TPSA) is 72.9 Å². The molecule has 2 amide bonds. The highest BCUT2D eigenvalue weighted by atomic mass is 28.1. The zero-order chi connectivity index (χ0) is 15.0. The number of hydrogen-bond donors (Lipinski definition) is 0. The molecule has 6 nitrogen and oxygen atoms in total. The minimum absolute atomic E-state index is 0.101. The third-order valence-corrected chi connectivity index (χ3v) is 3.97. The average Bonchev–Trinajstić information content (AvgIpc) is 2.47. The van der Waals surface area contributed by atoms with Gasteiger partial charge in [0.1, 0.15) is 10.8 Å². The molecule has 0 aliphatic carbocycles. The number of esters is 1. The van der Waals surface area contributed by atoms with Crippen molar-refractivity contribution in [2.24, 2.45) is 0 Å². The van der Waals surface area contributed by atoms with E-state index < -0.39 is 28.7 Å². The summed E-state index contributed by atoms with van der Waals surface area (Å²) in [6.07, 6.45) is -0.735. The maximum atomic E-state index is 12.1. The van der Waals surface area contributed by atoms with E-state index in [2.05, 4.69) is 6.58 Å². The number of amides is 2. The van der Waals surface area contributed by atoms with Crippen LogP contribution in [0.5, 0.6) is 0 Å². The highest BCUT2D eigenvalue weighted by Gasteiger charge is 2.54. The van der Waals surface area contributed by atoms with E-state index in [1.54, 1.807) is 20.8 Å². The van der Waals surface area contributed by atoms with Crippen molar-refractivity contribution >= 4 is 28.2 Å². The molecule has 1 saturated heterocycles. The van der Waals surface area contributed by atoms with Crippen molar-refractivity contribution < 1.29 is 23.9 Å².